The molecule has 0 radical (unpaired) electrons. The Morgan fingerprint density at radius 3 is 1.72 bits per heavy atom. The van der Waals surface area contributed by atoms with Gasteiger partial charge in [0.1, 0.15) is 5.75 Å². The van der Waals surface area contributed by atoms with Crippen molar-refractivity contribution in [2.24, 2.45) is 9.98 Å². The highest BCUT2D eigenvalue weighted by molar-refractivity contribution is 5.61. The van der Waals surface area contributed by atoms with Crippen LogP contribution in [0.3, 0.4) is 0 Å². The first-order valence-electron chi connectivity index (χ1n) is 9.23. The van der Waals surface area contributed by atoms with Gasteiger partial charge in [0.25, 0.3) is 0 Å². The molecular weight excluding hydrogens is 316 g/mol. The first-order valence-corrected chi connectivity index (χ1v) is 9.23. The number of carbonyl (C=O) groups excluding carboxylic acids is 2. The van der Waals surface area contributed by atoms with Gasteiger partial charge in [0.2, 0.25) is 12.2 Å². The van der Waals surface area contributed by atoms with Crippen molar-refractivity contribution in [2.45, 2.75) is 71.1 Å². The van der Waals surface area contributed by atoms with E-state index < -0.39 is 0 Å². The zero-order chi connectivity index (χ0) is 18.2. The monoisotopic (exact) mass is 344 g/mol. The fourth-order valence-electron chi connectivity index (χ4n) is 2.67. The van der Waals surface area contributed by atoms with Crippen LogP contribution in [0.4, 0.5) is 11.4 Å². The molecule has 5 nitrogen and oxygen atoms in total. The molecule has 1 aromatic carbocycles. The van der Waals surface area contributed by atoms with Crippen LogP contribution in [-0.2, 0) is 9.59 Å². The highest BCUT2D eigenvalue weighted by atomic mass is 16.5. The van der Waals surface area contributed by atoms with Gasteiger partial charge in [-0.05, 0) is 12.5 Å². The summed E-state index contributed by atoms with van der Waals surface area (Å²) in [6, 6.07) is 4.76. The minimum Gasteiger partial charge on any atom is -0.493 e. The van der Waals surface area contributed by atoms with Crippen LogP contribution in [0.2, 0.25) is 0 Å². The summed E-state index contributed by atoms with van der Waals surface area (Å²) in [5.41, 5.74) is 0.731. The third-order valence-corrected chi connectivity index (χ3v) is 3.99. The Morgan fingerprint density at radius 2 is 1.24 bits per heavy atom. The second-order valence-corrected chi connectivity index (χ2v) is 6.12. The fraction of sp³-hybridized carbons (Fsp3) is 0.600. The minimum absolute atomic E-state index is 0.365. The molecule has 1 rings (SSSR count). The van der Waals surface area contributed by atoms with Crippen LogP contribution in [0, 0.1) is 0 Å². The molecule has 0 spiro atoms. The van der Waals surface area contributed by atoms with Crippen molar-refractivity contribution < 1.29 is 14.3 Å². The van der Waals surface area contributed by atoms with E-state index in [0.29, 0.717) is 23.7 Å². The lowest BCUT2D eigenvalue weighted by atomic mass is 10.1. The molecule has 0 aliphatic heterocycles. The van der Waals surface area contributed by atoms with Crippen LogP contribution in [0.5, 0.6) is 5.75 Å². The molecule has 0 saturated heterocycles. The maximum atomic E-state index is 10.4. The first kappa shape index (κ1) is 20.8. The maximum absolute atomic E-state index is 10.4. The fourth-order valence-corrected chi connectivity index (χ4v) is 2.67. The smallest absolute Gasteiger partial charge is 0.240 e. The van der Waals surface area contributed by atoms with Crippen molar-refractivity contribution in [3.05, 3.63) is 18.2 Å². The Kier molecular flexibility index (Phi) is 11.8. The van der Waals surface area contributed by atoms with Gasteiger partial charge < -0.3 is 4.74 Å². The first-order chi connectivity index (χ1) is 12.3. The van der Waals surface area contributed by atoms with Gasteiger partial charge in [-0.25, -0.2) is 9.59 Å². The van der Waals surface area contributed by atoms with Crippen LogP contribution < -0.4 is 4.74 Å². The van der Waals surface area contributed by atoms with Gasteiger partial charge in [-0.15, -0.1) is 0 Å². The summed E-state index contributed by atoms with van der Waals surface area (Å²) >= 11 is 0. The number of benzene rings is 1. The molecule has 0 aliphatic carbocycles. The third-order valence-electron chi connectivity index (χ3n) is 3.99. The Labute approximate surface area is 150 Å². The Balaban J connectivity index is 2.21. The zero-order valence-corrected chi connectivity index (χ0v) is 15.1. The van der Waals surface area contributed by atoms with Crippen molar-refractivity contribution in [1.82, 2.24) is 0 Å². The number of hydrogen-bond donors (Lipinski definition) is 0. The van der Waals surface area contributed by atoms with E-state index in [4.69, 9.17) is 4.74 Å². The van der Waals surface area contributed by atoms with Gasteiger partial charge >= 0.3 is 0 Å². The molecule has 1 aromatic rings. The Morgan fingerprint density at radius 1 is 0.760 bits per heavy atom. The molecule has 0 saturated carbocycles. The number of unbranched alkanes of at least 4 members (excludes halogenated alkanes) is 9. The molecule has 0 fully saturated rings. The molecule has 0 unspecified atom stereocenters. The Bertz CT molecular complexity index is 552. The highest BCUT2D eigenvalue weighted by Crippen LogP contribution is 2.28. The van der Waals surface area contributed by atoms with Gasteiger partial charge in [-0.3, -0.25) is 0 Å². The average molecular weight is 344 g/mol. The van der Waals surface area contributed by atoms with Crippen LogP contribution in [0.25, 0.3) is 0 Å². The SMILES string of the molecule is CCCCCCCCCCCCOc1cc(N=C=O)cc(N=C=O)c1. The normalized spacial score (nSPS) is 9.96. The van der Waals surface area contributed by atoms with Crippen molar-refractivity contribution in [3.8, 4) is 5.75 Å². The lowest BCUT2D eigenvalue weighted by Gasteiger charge is -2.07. The van der Waals surface area contributed by atoms with E-state index in [2.05, 4.69) is 16.9 Å². The predicted octanol–water partition coefficient (Wildman–Crippen LogP) is 5.92. The topological polar surface area (TPSA) is 68.1 Å². The van der Waals surface area contributed by atoms with E-state index in [0.717, 1.165) is 12.8 Å². The van der Waals surface area contributed by atoms with E-state index in [1.165, 1.54) is 69.6 Å². The minimum atomic E-state index is 0.365. The highest BCUT2D eigenvalue weighted by Gasteiger charge is 2.02. The lowest BCUT2D eigenvalue weighted by molar-refractivity contribution is 0.304. The summed E-state index contributed by atoms with van der Waals surface area (Å²) in [7, 11) is 0. The van der Waals surface area contributed by atoms with E-state index in [-0.39, 0.29) is 0 Å². The standard InChI is InChI=1S/C20H28N2O3/c1-2-3-4-5-6-7-8-9-10-11-12-25-20-14-18(21-16-23)13-19(15-20)22-17-24/h13-15H,2-12H2,1H3. The van der Waals surface area contributed by atoms with E-state index in [9.17, 15) is 9.59 Å². The molecular formula is C20H28N2O3. The number of ether oxygens (including phenoxy) is 1. The molecule has 0 N–H and O–H groups in total. The predicted molar refractivity (Wildman–Crippen MR) is 99.3 cm³/mol. The number of aliphatic imine (C=N–C) groups is 2. The van der Waals surface area contributed by atoms with Gasteiger partial charge in [0.05, 0.1) is 18.0 Å². The maximum Gasteiger partial charge on any atom is 0.240 e. The summed E-state index contributed by atoms with van der Waals surface area (Å²) < 4.78 is 5.67. The van der Waals surface area contributed by atoms with Crippen LogP contribution in [0.1, 0.15) is 71.1 Å². The van der Waals surface area contributed by atoms with Gasteiger partial charge in [-0.2, -0.15) is 9.98 Å². The van der Waals surface area contributed by atoms with Crippen LogP contribution >= 0.6 is 0 Å². The summed E-state index contributed by atoms with van der Waals surface area (Å²) in [5.74, 6) is 0.543. The average Bonchev–Trinajstić information content (AvgIpc) is 2.60. The lowest BCUT2D eigenvalue weighted by Crippen LogP contribution is -1.97. The molecule has 0 atom stereocenters. The molecule has 0 aromatic heterocycles. The zero-order valence-electron chi connectivity index (χ0n) is 15.1. The number of nitrogens with zero attached hydrogens (tertiary/aromatic N) is 2. The number of hydrogen-bond acceptors (Lipinski definition) is 5. The summed E-state index contributed by atoms with van der Waals surface area (Å²) in [6.07, 6.45) is 15.6. The van der Waals surface area contributed by atoms with E-state index in [1.807, 2.05) is 0 Å². The molecule has 0 aliphatic rings. The van der Waals surface area contributed by atoms with Crippen molar-refractivity contribution in [2.75, 3.05) is 6.61 Å². The number of isocyanates is 2. The Hall–Kier alpha value is -2.22. The number of rotatable bonds is 14. The van der Waals surface area contributed by atoms with Gasteiger partial charge in [0, 0.05) is 12.1 Å². The summed E-state index contributed by atoms with van der Waals surface area (Å²) in [4.78, 5) is 27.8. The third kappa shape index (κ3) is 10.3. The van der Waals surface area contributed by atoms with Crippen molar-refractivity contribution >= 4 is 23.5 Å². The van der Waals surface area contributed by atoms with E-state index in [1.54, 1.807) is 12.1 Å². The summed E-state index contributed by atoms with van der Waals surface area (Å²) in [5, 5.41) is 0. The molecule has 0 bridgehead atoms. The molecule has 0 heterocycles. The molecule has 136 valence electrons. The van der Waals surface area contributed by atoms with Crippen molar-refractivity contribution in [1.29, 1.82) is 0 Å². The second kappa shape index (κ2) is 14.2. The second-order valence-electron chi connectivity index (χ2n) is 6.12. The largest absolute Gasteiger partial charge is 0.493 e. The van der Waals surface area contributed by atoms with Crippen LogP contribution in [0.15, 0.2) is 28.2 Å². The van der Waals surface area contributed by atoms with Crippen LogP contribution in [-0.4, -0.2) is 18.8 Å². The van der Waals surface area contributed by atoms with Crippen molar-refractivity contribution in [3.63, 3.8) is 0 Å². The van der Waals surface area contributed by atoms with Gasteiger partial charge in [-0.1, -0.05) is 64.7 Å². The molecule has 0 amide bonds. The quantitative estimate of drug-likeness (QED) is 0.239. The molecule has 25 heavy (non-hydrogen) atoms. The molecule has 5 heteroatoms. The van der Waals surface area contributed by atoms with E-state index >= 15 is 0 Å². The van der Waals surface area contributed by atoms with Gasteiger partial charge in [0.15, 0.2) is 0 Å². The summed E-state index contributed by atoms with van der Waals surface area (Å²) in [6.45, 7) is 2.83.